The summed E-state index contributed by atoms with van der Waals surface area (Å²) < 4.78 is 32.3. The van der Waals surface area contributed by atoms with Crippen molar-refractivity contribution in [3.8, 4) is 5.75 Å². The van der Waals surface area contributed by atoms with Crippen molar-refractivity contribution in [2.24, 2.45) is 11.8 Å². The zero-order valence-corrected chi connectivity index (χ0v) is 17.6. The molecule has 2 heterocycles. The van der Waals surface area contributed by atoms with Gasteiger partial charge in [-0.25, -0.2) is 8.42 Å². The molecular weight excluding hydrogens is 390 g/mol. The zero-order valence-electron chi connectivity index (χ0n) is 16.0. The number of ether oxygens (including phenoxy) is 1. The van der Waals surface area contributed by atoms with Crippen molar-refractivity contribution in [2.75, 3.05) is 46.4 Å². The highest BCUT2D eigenvalue weighted by atomic mass is 35.5. The molecule has 0 aromatic heterocycles. The third-order valence-corrected chi connectivity index (χ3v) is 7.47. The summed E-state index contributed by atoms with van der Waals surface area (Å²) in [6, 6.07) is 4.54. The summed E-state index contributed by atoms with van der Waals surface area (Å²) in [6.07, 6.45) is 0. The molecule has 1 aromatic carbocycles. The van der Waals surface area contributed by atoms with Crippen molar-refractivity contribution < 1.29 is 17.9 Å². The van der Waals surface area contributed by atoms with Crippen LogP contribution in [0.2, 0.25) is 0 Å². The van der Waals surface area contributed by atoms with E-state index in [2.05, 4.69) is 5.32 Å². The van der Waals surface area contributed by atoms with Crippen molar-refractivity contribution in [2.45, 2.75) is 18.7 Å². The van der Waals surface area contributed by atoms with E-state index in [9.17, 15) is 13.2 Å². The van der Waals surface area contributed by atoms with Crippen LogP contribution in [-0.4, -0.2) is 69.9 Å². The van der Waals surface area contributed by atoms with E-state index < -0.39 is 10.0 Å². The SMILES string of the molecule is CCN(CC)S(=O)(=O)c1ccc(OC)c(C(=O)N2C[C@H]3CNC[C@H]3C2)c1.Cl. The fraction of sp³-hybridized carbons (Fsp3) is 0.611. The molecule has 0 aliphatic carbocycles. The molecule has 2 saturated heterocycles. The Kier molecular flexibility index (Phi) is 7.13. The van der Waals surface area contributed by atoms with Gasteiger partial charge in [-0.2, -0.15) is 4.31 Å². The predicted octanol–water partition coefficient (Wildman–Crippen LogP) is 1.44. The highest BCUT2D eigenvalue weighted by Gasteiger charge is 2.39. The molecule has 27 heavy (non-hydrogen) atoms. The third-order valence-electron chi connectivity index (χ3n) is 5.42. The van der Waals surface area contributed by atoms with Gasteiger partial charge in [-0.15, -0.1) is 12.4 Å². The lowest BCUT2D eigenvalue weighted by atomic mass is 10.0. The van der Waals surface area contributed by atoms with Gasteiger partial charge in [-0.1, -0.05) is 13.8 Å². The van der Waals surface area contributed by atoms with Crippen LogP contribution < -0.4 is 10.1 Å². The van der Waals surface area contributed by atoms with Gasteiger partial charge in [0, 0.05) is 39.3 Å². The first-order valence-corrected chi connectivity index (χ1v) is 10.5. The van der Waals surface area contributed by atoms with E-state index in [0.717, 1.165) is 13.1 Å². The number of likely N-dealkylation sites (tertiary alicyclic amines) is 1. The van der Waals surface area contributed by atoms with Gasteiger partial charge in [-0.05, 0) is 30.0 Å². The average Bonchev–Trinajstić information content (AvgIpc) is 3.23. The largest absolute Gasteiger partial charge is 0.496 e. The molecule has 2 aliphatic heterocycles. The van der Waals surface area contributed by atoms with Gasteiger partial charge >= 0.3 is 0 Å². The lowest BCUT2D eigenvalue weighted by Gasteiger charge is -2.21. The minimum atomic E-state index is -3.62. The number of hydrogen-bond donors (Lipinski definition) is 1. The van der Waals surface area contributed by atoms with Gasteiger partial charge in [0.05, 0.1) is 17.6 Å². The summed E-state index contributed by atoms with van der Waals surface area (Å²) in [5.74, 6) is 1.21. The maximum absolute atomic E-state index is 13.1. The highest BCUT2D eigenvalue weighted by molar-refractivity contribution is 7.89. The Labute approximate surface area is 167 Å². The molecule has 2 fully saturated rings. The summed E-state index contributed by atoms with van der Waals surface area (Å²) in [5, 5.41) is 3.35. The number of rotatable bonds is 6. The minimum absolute atomic E-state index is 0. The molecule has 0 spiro atoms. The highest BCUT2D eigenvalue weighted by Crippen LogP contribution is 2.31. The molecule has 152 valence electrons. The number of benzene rings is 1. The second-order valence-corrected chi connectivity index (χ2v) is 8.78. The number of amides is 1. The van der Waals surface area contributed by atoms with Gasteiger partial charge < -0.3 is 15.0 Å². The number of methoxy groups -OCH3 is 1. The minimum Gasteiger partial charge on any atom is -0.496 e. The lowest BCUT2D eigenvalue weighted by molar-refractivity contribution is 0.0778. The Morgan fingerprint density at radius 3 is 2.33 bits per heavy atom. The van der Waals surface area contributed by atoms with Crippen LogP contribution >= 0.6 is 12.4 Å². The molecular formula is C18H28ClN3O4S. The number of sulfonamides is 1. The van der Waals surface area contributed by atoms with Crippen LogP contribution in [-0.2, 0) is 10.0 Å². The molecule has 1 N–H and O–H groups in total. The molecule has 3 rings (SSSR count). The van der Waals surface area contributed by atoms with Gasteiger partial charge in [-0.3, -0.25) is 4.79 Å². The Morgan fingerprint density at radius 1 is 1.22 bits per heavy atom. The van der Waals surface area contributed by atoms with E-state index in [0.29, 0.717) is 49.3 Å². The summed E-state index contributed by atoms with van der Waals surface area (Å²) in [5.41, 5.74) is 0.314. The summed E-state index contributed by atoms with van der Waals surface area (Å²) in [7, 11) is -2.13. The molecule has 0 saturated carbocycles. The number of fused-ring (bicyclic) bond motifs is 1. The number of nitrogens with zero attached hydrogens (tertiary/aromatic N) is 2. The maximum Gasteiger partial charge on any atom is 0.257 e. The standard InChI is InChI=1S/C18H27N3O4S.ClH/c1-4-21(5-2)26(23,24)15-6-7-17(25-3)16(8-15)18(22)20-11-13-9-19-10-14(13)12-20;/h6-8,13-14,19H,4-5,9-12H2,1-3H3;1H/t13-,14+;. The van der Waals surface area contributed by atoms with Crippen LogP contribution in [0, 0.1) is 11.8 Å². The maximum atomic E-state index is 13.1. The number of carbonyl (C=O) groups excluding carboxylic acids is 1. The Hall–Kier alpha value is -1.35. The molecule has 9 heteroatoms. The van der Waals surface area contributed by atoms with Crippen LogP contribution in [0.3, 0.4) is 0 Å². The monoisotopic (exact) mass is 417 g/mol. The Balaban J connectivity index is 0.00000261. The number of hydrogen-bond acceptors (Lipinski definition) is 5. The first-order chi connectivity index (χ1) is 12.4. The summed E-state index contributed by atoms with van der Waals surface area (Å²) in [6.45, 7) is 7.64. The molecule has 0 unspecified atom stereocenters. The van der Waals surface area contributed by atoms with Crippen molar-refractivity contribution in [3.05, 3.63) is 23.8 Å². The second-order valence-electron chi connectivity index (χ2n) is 6.84. The first kappa shape index (κ1) is 21.9. The van der Waals surface area contributed by atoms with Crippen LogP contribution in [0.15, 0.2) is 23.1 Å². The molecule has 2 aliphatic rings. The van der Waals surface area contributed by atoms with E-state index >= 15 is 0 Å². The predicted molar refractivity (Wildman–Crippen MR) is 106 cm³/mol. The van der Waals surface area contributed by atoms with Gasteiger partial charge in [0.15, 0.2) is 0 Å². The van der Waals surface area contributed by atoms with Crippen LogP contribution in [0.1, 0.15) is 24.2 Å². The Bertz CT molecular complexity index is 771. The molecule has 7 nitrogen and oxygen atoms in total. The van der Waals surface area contributed by atoms with Crippen molar-refractivity contribution >= 4 is 28.3 Å². The number of carbonyl (C=O) groups is 1. The lowest BCUT2D eigenvalue weighted by Crippen LogP contribution is -2.33. The molecule has 0 bridgehead atoms. The topological polar surface area (TPSA) is 79.0 Å². The number of nitrogens with one attached hydrogen (secondary N) is 1. The quantitative estimate of drug-likeness (QED) is 0.757. The third kappa shape index (κ3) is 4.08. The number of halogens is 1. The van der Waals surface area contributed by atoms with Crippen LogP contribution in [0.25, 0.3) is 0 Å². The normalized spacial score (nSPS) is 21.9. The van der Waals surface area contributed by atoms with Crippen molar-refractivity contribution in [3.63, 3.8) is 0 Å². The van der Waals surface area contributed by atoms with Crippen molar-refractivity contribution in [1.82, 2.24) is 14.5 Å². The van der Waals surface area contributed by atoms with Gasteiger partial charge in [0.2, 0.25) is 10.0 Å². The Morgan fingerprint density at radius 2 is 1.81 bits per heavy atom. The first-order valence-electron chi connectivity index (χ1n) is 9.10. The van der Waals surface area contributed by atoms with Crippen LogP contribution in [0.4, 0.5) is 0 Å². The van der Waals surface area contributed by atoms with Gasteiger partial charge in [0.1, 0.15) is 5.75 Å². The molecule has 0 radical (unpaired) electrons. The van der Waals surface area contributed by atoms with Crippen molar-refractivity contribution in [1.29, 1.82) is 0 Å². The molecule has 1 aromatic rings. The summed E-state index contributed by atoms with van der Waals surface area (Å²) in [4.78, 5) is 15.0. The van der Waals surface area contributed by atoms with E-state index in [1.54, 1.807) is 19.9 Å². The average molecular weight is 418 g/mol. The second kappa shape index (κ2) is 8.77. The zero-order chi connectivity index (χ0) is 18.9. The fourth-order valence-corrected chi connectivity index (χ4v) is 5.40. The van der Waals surface area contributed by atoms with E-state index in [4.69, 9.17) is 4.74 Å². The van der Waals surface area contributed by atoms with Crippen LogP contribution in [0.5, 0.6) is 5.75 Å². The van der Waals surface area contributed by atoms with Gasteiger partial charge in [0.25, 0.3) is 5.91 Å². The van der Waals surface area contributed by atoms with E-state index in [-0.39, 0.29) is 23.2 Å². The van der Waals surface area contributed by atoms with E-state index in [1.165, 1.54) is 23.5 Å². The fourth-order valence-electron chi connectivity index (χ4n) is 3.92. The summed E-state index contributed by atoms with van der Waals surface area (Å²) >= 11 is 0. The molecule has 2 atom stereocenters. The molecule has 1 amide bonds. The smallest absolute Gasteiger partial charge is 0.257 e. The van der Waals surface area contributed by atoms with E-state index in [1.807, 2.05) is 4.90 Å².